The molecule has 0 fully saturated rings. The van der Waals surface area contributed by atoms with Crippen LogP contribution in [0.4, 0.5) is 0 Å². The average molecular weight is 364 g/mol. The van der Waals surface area contributed by atoms with Crippen LogP contribution in [-0.2, 0) is 4.74 Å². The highest BCUT2D eigenvalue weighted by Gasteiger charge is 2.05. The van der Waals surface area contributed by atoms with E-state index in [9.17, 15) is 4.79 Å². The van der Waals surface area contributed by atoms with Gasteiger partial charge in [0.25, 0.3) is 0 Å². The van der Waals surface area contributed by atoms with Gasteiger partial charge in [-0.15, -0.1) is 0 Å². The van der Waals surface area contributed by atoms with E-state index in [-0.39, 0.29) is 5.97 Å². The maximum absolute atomic E-state index is 11.7. The summed E-state index contributed by atoms with van der Waals surface area (Å²) in [4.78, 5) is 11.7. The molecule has 0 unspecified atom stereocenters. The number of esters is 1. The van der Waals surface area contributed by atoms with Crippen molar-refractivity contribution < 1.29 is 14.3 Å². The molecule has 0 radical (unpaired) electrons. The number of hydrogen-bond donors (Lipinski definition) is 0. The molecule has 0 saturated heterocycles. The summed E-state index contributed by atoms with van der Waals surface area (Å²) < 4.78 is 10.8. The number of carbonyl (C=O) groups excluding carboxylic acids is 1. The van der Waals surface area contributed by atoms with Crippen LogP contribution in [0.1, 0.15) is 55.1 Å². The highest BCUT2D eigenvalue weighted by Crippen LogP contribution is 2.21. The molecule has 0 saturated carbocycles. The molecule has 0 amide bonds. The maximum atomic E-state index is 11.7. The van der Waals surface area contributed by atoms with E-state index in [2.05, 4.69) is 37.3 Å². The van der Waals surface area contributed by atoms with Gasteiger partial charge in [0.15, 0.2) is 0 Å². The van der Waals surface area contributed by atoms with Gasteiger partial charge in [0.2, 0.25) is 0 Å². The Hall–Kier alpha value is -2.81. The third-order valence-electron chi connectivity index (χ3n) is 4.13. The van der Waals surface area contributed by atoms with Crippen LogP contribution in [0.5, 0.6) is 5.75 Å². The van der Waals surface area contributed by atoms with Crippen molar-refractivity contribution in [2.75, 3.05) is 13.2 Å². The van der Waals surface area contributed by atoms with Gasteiger partial charge in [0.05, 0.1) is 18.8 Å². The Labute approximate surface area is 162 Å². The summed E-state index contributed by atoms with van der Waals surface area (Å²) in [6, 6.07) is 15.6. The molecule has 3 nitrogen and oxygen atoms in total. The van der Waals surface area contributed by atoms with E-state index >= 15 is 0 Å². The molecular weight excluding hydrogens is 336 g/mol. The number of rotatable bonds is 9. The van der Waals surface area contributed by atoms with Gasteiger partial charge in [-0.05, 0) is 74.6 Å². The van der Waals surface area contributed by atoms with Crippen molar-refractivity contribution in [2.45, 2.75) is 33.6 Å². The Bertz CT molecular complexity index is 768. The van der Waals surface area contributed by atoms with E-state index in [1.807, 2.05) is 31.2 Å². The molecule has 142 valence electrons. The first-order chi connectivity index (χ1) is 13.1. The molecule has 3 heteroatoms. The summed E-state index contributed by atoms with van der Waals surface area (Å²) in [5.41, 5.74) is 3.91. The first-order valence-electron chi connectivity index (χ1n) is 9.44. The van der Waals surface area contributed by atoms with Crippen molar-refractivity contribution in [3.8, 4) is 5.75 Å². The molecule has 0 aromatic heterocycles. The molecule has 0 aliphatic heterocycles. The first-order valence-corrected chi connectivity index (χ1v) is 9.44. The molecule has 0 bridgehead atoms. The van der Waals surface area contributed by atoms with Crippen molar-refractivity contribution in [2.24, 2.45) is 0 Å². The van der Waals surface area contributed by atoms with Crippen LogP contribution in [0.15, 0.2) is 60.7 Å². The number of hydrogen-bond acceptors (Lipinski definition) is 3. The quantitative estimate of drug-likeness (QED) is 0.231. The molecule has 27 heavy (non-hydrogen) atoms. The average Bonchev–Trinajstić information content (AvgIpc) is 2.69. The summed E-state index contributed by atoms with van der Waals surface area (Å²) in [5, 5.41) is 0. The Kier molecular flexibility index (Phi) is 8.37. The maximum Gasteiger partial charge on any atom is 0.338 e. The predicted octanol–water partition coefficient (Wildman–Crippen LogP) is 6.16. The summed E-state index contributed by atoms with van der Waals surface area (Å²) in [5.74, 6) is 0.608. The Morgan fingerprint density at radius 1 is 1.00 bits per heavy atom. The lowest BCUT2D eigenvalue weighted by molar-refractivity contribution is 0.0526. The minimum Gasteiger partial charge on any atom is -0.494 e. The first kappa shape index (κ1) is 20.5. The zero-order valence-corrected chi connectivity index (χ0v) is 16.4. The second kappa shape index (κ2) is 11.0. The summed E-state index contributed by atoms with van der Waals surface area (Å²) in [7, 11) is 0. The van der Waals surface area contributed by atoms with Crippen molar-refractivity contribution in [1.82, 2.24) is 0 Å². The van der Waals surface area contributed by atoms with Gasteiger partial charge in [-0.2, -0.15) is 0 Å². The Morgan fingerprint density at radius 3 is 2.30 bits per heavy atom. The molecule has 0 aliphatic carbocycles. The van der Waals surface area contributed by atoms with Crippen molar-refractivity contribution in [1.29, 1.82) is 0 Å². The van der Waals surface area contributed by atoms with E-state index in [1.165, 1.54) is 0 Å². The van der Waals surface area contributed by atoms with Gasteiger partial charge >= 0.3 is 5.97 Å². The second-order valence-electron chi connectivity index (χ2n) is 6.25. The molecule has 2 rings (SSSR count). The lowest BCUT2D eigenvalue weighted by atomic mass is 10.0. The van der Waals surface area contributed by atoms with E-state index < -0.39 is 0 Å². The van der Waals surface area contributed by atoms with Crippen LogP contribution in [0, 0.1) is 0 Å². The van der Waals surface area contributed by atoms with E-state index in [1.54, 1.807) is 19.1 Å². The topological polar surface area (TPSA) is 35.5 Å². The van der Waals surface area contributed by atoms with Gasteiger partial charge in [-0.1, -0.05) is 42.5 Å². The fourth-order valence-corrected chi connectivity index (χ4v) is 2.64. The largest absolute Gasteiger partial charge is 0.494 e. The molecule has 2 aromatic rings. The SMILES string of the molecule is C/C=C/CCCOc1ccc(/C(C)=C/c2ccc(C(=O)OCC)cc2)cc1. The molecule has 0 aliphatic rings. The number of allylic oxidation sites excluding steroid dienone is 3. The predicted molar refractivity (Wildman–Crippen MR) is 112 cm³/mol. The lowest BCUT2D eigenvalue weighted by Gasteiger charge is -2.07. The number of carbonyl (C=O) groups is 1. The van der Waals surface area contributed by atoms with E-state index in [0.717, 1.165) is 41.9 Å². The van der Waals surface area contributed by atoms with Crippen LogP contribution in [0.25, 0.3) is 11.6 Å². The normalized spacial score (nSPS) is 11.6. The summed E-state index contributed by atoms with van der Waals surface area (Å²) >= 11 is 0. The van der Waals surface area contributed by atoms with Crippen molar-refractivity contribution in [3.05, 3.63) is 77.4 Å². The smallest absolute Gasteiger partial charge is 0.338 e. The fourth-order valence-electron chi connectivity index (χ4n) is 2.64. The molecule has 0 atom stereocenters. The molecule has 0 N–H and O–H groups in total. The summed E-state index contributed by atoms with van der Waals surface area (Å²) in [6.07, 6.45) is 8.38. The second-order valence-corrected chi connectivity index (χ2v) is 6.25. The number of benzene rings is 2. The van der Waals surface area contributed by atoms with Crippen LogP contribution < -0.4 is 4.74 Å². The standard InChI is InChI=1S/C24H28O3/c1-4-6-7-8-17-27-23-15-13-21(14-16-23)19(3)18-20-9-11-22(12-10-20)24(25)26-5-2/h4,6,9-16,18H,5,7-8,17H2,1-3H3/b6-4+,19-18+. The van der Waals surface area contributed by atoms with Gasteiger partial charge in [0.1, 0.15) is 5.75 Å². The van der Waals surface area contributed by atoms with Crippen molar-refractivity contribution >= 4 is 17.6 Å². The van der Waals surface area contributed by atoms with Crippen molar-refractivity contribution in [3.63, 3.8) is 0 Å². The Morgan fingerprint density at radius 2 is 1.67 bits per heavy atom. The molecular formula is C24H28O3. The van der Waals surface area contributed by atoms with Gasteiger partial charge < -0.3 is 9.47 Å². The molecule has 0 spiro atoms. The van der Waals surface area contributed by atoms with Gasteiger partial charge in [-0.25, -0.2) is 4.79 Å². The highest BCUT2D eigenvalue weighted by atomic mass is 16.5. The summed E-state index contributed by atoms with van der Waals surface area (Å²) in [6.45, 7) is 7.02. The van der Waals surface area contributed by atoms with Gasteiger partial charge in [0, 0.05) is 0 Å². The van der Waals surface area contributed by atoms with Crippen LogP contribution in [0.2, 0.25) is 0 Å². The monoisotopic (exact) mass is 364 g/mol. The Balaban J connectivity index is 1.96. The molecule has 2 aromatic carbocycles. The fraction of sp³-hybridized carbons (Fsp3) is 0.292. The van der Waals surface area contributed by atoms with Crippen LogP contribution in [-0.4, -0.2) is 19.2 Å². The van der Waals surface area contributed by atoms with Crippen LogP contribution in [0.3, 0.4) is 0 Å². The third-order valence-corrected chi connectivity index (χ3v) is 4.13. The lowest BCUT2D eigenvalue weighted by Crippen LogP contribution is -2.03. The number of unbranched alkanes of at least 4 members (excludes halogenated alkanes) is 1. The third kappa shape index (κ3) is 6.78. The minimum absolute atomic E-state index is 0.286. The van der Waals surface area contributed by atoms with Gasteiger partial charge in [-0.3, -0.25) is 0 Å². The zero-order valence-electron chi connectivity index (χ0n) is 16.4. The van der Waals surface area contributed by atoms with E-state index in [4.69, 9.17) is 9.47 Å². The number of ether oxygens (including phenoxy) is 2. The van der Waals surface area contributed by atoms with E-state index in [0.29, 0.717) is 12.2 Å². The zero-order chi connectivity index (χ0) is 19.5. The van der Waals surface area contributed by atoms with Crippen LogP contribution >= 0.6 is 0 Å². The highest BCUT2D eigenvalue weighted by molar-refractivity contribution is 5.90. The molecule has 0 heterocycles. The minimum atomic E-state index is -0.286.